The van der Waals surface area contributed by atoms with Crippen molar-refractivity contribution in [2.75, 3.05) is 18.0 Å². The molecule has 3 heteroatoms. The molecule has 0 unspecified atom stereocenters. The summed E-state index contributed by atoms with van der Waals surface area (Å²) in [5, 5.41) is 0. The number of hydrogen-bond acceptors (Lipinski definition) is 3. The largest absolute Gasteiger partial charge is 0.341 e. The van der Waals surface area contributed by atoms with E-state index in [1.54, 1.807) is 0 Å². The van der Waals surface area contributed by atoms with Crippen molar-refractivity contribution in [3.63, 3.8) is 0 Å². The van der Waals surface area contributed by atoms with Gasteiger partial charge in [-0.25, -0.2) is 9.97 Å². The zero-order valence-electron chi connectivity index (χ0n) is 12.5. The van der Waals surface area contributed by atoms with E-state index in [9.17, 15) is 0 Å². The second kappa shape index (κ2) is 7.46. The first kappa shape index (κ1) is 14.3. The summed E-state index contributed by atoms with van der Waals surface area (Å²) >= 11 is 0. The molecule has 1 saturated heterocycles. The van der Waals surface area contributed by atoms with Gasteiger partial charge in [-0.15, -0.1) is 0 Å². The maximum atomic E-state index is 4.70. The van der Waals surface area contributed by atoms with Crippen LogP contribution in [0.1, 0.15) is 63.3 Å². The van der Waals surface area contributed by atoms with Gasteiger partial charge in [0.05, 0.1) is 0 Å². The molecule has 1 aromatic rings. The van der Waals surface area contributed by atoms with Gasteiger partial charge in [-0.3, -0.25) is 0 Å². The molecule has 1 aliphatic rings. The number of rotatable bonds is 8. The Bertz CT molecular complexity index is 386. The lowest BCUT2D eigenvalue weighted by Crippen LogP contribution is -2.38. The number of unbranched alkanes of at least 4 members (excludes halogenated alkanes) is 5. The standard InChI is InChI=1S/C16H27N3/c1-3-4-5-6-7-8-10-15-13-14(2)17-16(18-15)19-11-9-12-19/h13H,3-12H2,1-2H3. The zero-order chi connectivity index (χ0) is 13.5. The quantitative estimate of drug-likeness (QED) is 0.665. The first-order chi connectivity index (χ1) is 9.29. The Kier molecular flexibility index (Phi) is 5.62. The molecule has 19 heavy (non-hydrogen) atoms. The van der Waals surface area contributed by atoms with Gasteiger partial charge in [-0.2, -0.15) is 0 Å². The van der Waals surface area contributed by atoms with E-state index in [0.29, 0.717) is 0 Å². The first-order valence-electron chi connectivity index (χ1n) is 7.89. The van der Waals surface area contributed by atoms with Gasteiger partial charge in [-0.05, 0) is 32.3 Å². The molecule has 0 N–H and O–H groups in total. The molecule has 2 heterocycles. The number of aryl methyl sites for hydroxylation is 2. The molecule has 106 valence electrons. The summed E-state index contributed by atoms with van der Waals surface area (Å²) in [4.78, 5) is 11.5. The minimum Gasteiger partial charge on any atom is -0.341 e. The van der Waals surface area contributed by atoms with Crippen LogP contribution in [0.15, 0.2) is 6.07 Å². The highest BCUT2D eigenvalue weighted by Crippen LogP contribution is 2.17. The van der Waals surface area contributed by atoms with Crippen LogP contribution in [0.25, 0.3) is 0 Å². The summed E-state index contributed by atoms with van der Waals surface area (Å²) in [6.07, 6.45) is 10.5. The maximum absolute atomic E-state index is 4.70. The Morgan fingerprint density at radius 2 is 1.79 bits per heavy atom. The number of aromatic nitrogens is 2. The van der Waals surface area contributed by atoms with Gasteiger partial charge < -0.3 is 4.90 Å². The van der Waals surface area contributed by atoms with Crippen LogP contribution >= 0.6 is 0 Å². The van der Waals surface area contributed by atoms with Gasteiger partial charge in [-0.1, -0.05) is 39.0 Å². The van der Waals surface area contributed by atoms with Crippen molar-refractivity contribution in [2.24, 2.45) is 0 Å². The van der Waals surface area contributed by atoms with E-state index in [0.717, 1.165) is 31.2 Å². The Balaban J connectivity index is 1.77. The van der Waals surface area contributed by atoms with E-state index in [4.69, 9.17) is 4.98 Å². The van der Waals surface area contributed by atoms with E-state index in [1.165, 1.54) is 50.6 Å². The topological polar surface area (TPSA) is 29.0 Å². The minimum absolute atomic E-state index is 0.951. The average Bonchev–Trinajstić information content (AvgIpc) is 2.31. The van der Waals surface area contributed by atoms with Crippen LogP contribution in [0.2, 0.25) is 0 Å². The number of anilines is 1. The third-order valence-corrected chi connectivity index (χ3v) is 3.82. The molecule has 0 atom stereocenters. The van der Waals surface area contributed by atoms with Gasteiger partial charge in [0, 0.05) is 24.5 Å². The highest BCUT2D eigenvalue weighted by Gasteiger charge is 2.17. The second-order valence-corrected chi connectivity index (χ2v) is 5.66. The molecular formula is C16H27N3. The van der Waals surface area contributed by atoms with Crippen molar-refractivity contribution in [1.29, 1.82) is 0 Å². The van der Waals surface area contributed by atoms with Crippen LogP contribution in [0, 0.1) is 6.92 Å². The van der Waals surface area contributed by atoms with Crippen molar-refractivity contribution >= 4 is 5.95 Å². The van der Waals surface area contributed by atoms with E-state index >= 15 is 0 Å². The number of nitrogens with zero attached hydrogens (tertiary/aromatic N) is 3. The van der Waals surface area contributed by atoms with Crippen molar-refractivity contribution in [3.05, 3.63) is 17.5 Å². The Morgan fingerprint density at radius 3 is 2.47 bits per heavy atom. The predicted molar refractivity (Wildman–Crippen MR) is 80.7 cm³/mol. The van der Waals surface area contributed by atoms with Crippen LogP contribution in [-0.2, 0) is 6.42 Å². The Hall–Kier alpha value is -1.12. The van der Waals surface area contributed by atoms with Gasteiger partial charge in [0.2, 0.25) is 5.95 Å². The van der Waals surface area contributed by atoms with Gasteiger partial charge in [0.25, 0.3) is 0 Å². The van der Waals surface area contributed by atoms with Crippen LogP contribution in [0.5, 0.6) is 0 Å². The molecule has 0 aliphatic carbocycles. The first-order valence-corrected chi connectivity index (χ1v) is 7.89. The van der Waals surface area contributed by atoms with E-state index < -0.39 is 0 Å². The molecule has 1 aliphatic heterocycles. The summed E-state index contributed by atoms with van der Waals surface area (Å²) in [6.45, 7) is 6.59. The average molecular weight is 261 g/mol. The monoisotopic (exact) mass is 261 g/mol. The summed E-state index contributed by atoms with van der Waals surface area (Å²) < 4.78 is 0. The molecule has 3 nitrogen and oxygen atoms in total. The SMILES string of the molecule is CCCCCCCCc1cc(C)nc(N2CCC2)n1. The Labute approximate surface area is 117 Å². The lowest BCUT2D eigenvalue weighted by Gasteiger charge is -2.31. The Morgan fingerprint density at radius 1 is 1.05 bits per heavy atom. The van der Waals surface area contributed by atoms with E-state index in [1.807, 2.05) is 0 Å². The highest BCUT2D eigenvalue weighted by atomic mass is 15.3. The molecule has 0 radical (unpaired) electrons. The van der Waals surface area contributed by atoms with Gasteiger partial charge in [0.15, 0.2) is 0 Å². The minimum atomic E-state index is 0.951. The third kappa shape index (κ3) is 4.48. The summed E-state index contributed by atoms with van der Waals surface area (Å²) in [6, 6.07) is 2.15. The van der Waals surface area contributed by atoms with Gasteiger partial charge in [0.1, 0.15) is 0 Å². The van der Waals surface area contributed by atoms with Crippen molar-refractivity contribution in [3.8, 4) is 0 Å². The third-order valence-electron chi connectivity index (χ3n) is 3.82. The summed E-state index contributed by atoms with van der Waals surface area (Å²) in [7, 11) is 0. The zero-order valence-corrected chi connectivity index (χ0v) is 12.5. The van der Waals surface area contributed by atoms with Gasteiger partial charge >= 0.3 is 0 Å². The fraction of sp³-hybridized carbons (Fsp3) is 0.750. The van der Waals surface area contributed by atoms with Crippen LogP contribution in [0.4, 0.5) is 5.95 Å². The molecule has 0 saturated carbocycles. The lowest BCUT2D eigenvalue weighted by molar-refractivity contribution is 0.589. The summed E-state index contributed by atoms with van der Waals surface area (Å²) in [5.74, 6) is 0.951. The number of hydrogen-bond donors (Lipinski definition) is 0. The second-order valence-electron chi connectivity index (χ2n) is 5.66. The molecular weight excluding hydrogens is 234 g/mol. The fourth-order valence-corrected chi connectivity index (χ4v) is 2.49. The van der Waals surface area contributed by atoms with E-state index in [-0.39, 0.29) is 0 Å². The van der Waals surface area contributed by atoms with Crippen LogP contribution in [-0.4, -0.2) is 23.1 Å². The summed E-state index contributed by atoms with van der Waals surface area (Å²) in [5.41, 5.74) is 2.34. The smallest absolute Gasteiger partial charge is 0.225 e. The normalized spacial score (nSPS) is 14.5. The highest BCUT2D eigenvalue weighted by molar-refractivity contribution is 5.34. The molecule has 0 bridgehead atoms. The maximum Gasteiger partial charge on any atom is 0.225 e. The molecule has 1 aromatic heterocycles. The molecule has 0 aromatic carbocycles. The van der Waals surface area contributed by atoms with Crippen molar-refractivity contribution < 1.29 is 0 Å². The molecule has 2 rings (SSSR count). The van der Waals surface area contributed by atoms with Crippen molar-refractivity contribution in [2.45, 2.75) is 65.2 Å². The van der Waals surface area contributed by atoms with Crippen LogP contribution < -0.4 is 4.90 Å². The predicted octanol–water partition coefficient (Wildman–Crippen LogP) is 3.90. The van der Waals surface area contributed by atoms with Crippen LogP contribution in [0.3, 0.4) is 0 Å². The molecule has 0 amide bonds. The van der Waals surface area contributed by atoms with Crippen molar-refractivity contribution in [1.82, 2.24) is 9.97 Å². The lowest BCUT2D eigenvalue weighted by atomic mass is 10.1. The van der Waals surface area contributed by atoms with E-state index in [2.05, 4.69) is 29.8 Å². The molecule has 0 spiro atoms. The fourth-order valence-electron chi connectivity index (χ4n) is 2.49. The molecule has 1 fully saturated rings.